The highest BCUT2D eigenvalue weighted by Crippen LogP contribution is 2.21. The maximum Gasteiger partial charge on any atom is 0.109 e. The second-order valence-corrected chi connectivity index (χ2v) is 7.26. The molecule has 3 atom stereocenters. The van der Waals surface area contributed by atoms with Crippen LogP contribution in [0, 0.1) is 0 Å². The fraction of sp³-hybridized carbons (Fsp3) is 0.619. The van der Waals surface area contributed by atoms with E-state index in [0.29, 0.717) is 6.61 Å². The minimum atomic E-state index is -0.624. The molecule has 0 unspecified atom stereocenters. The molecule has 0 saturated heterocycles. The highest BCUT2D eigenvalue weighted by molar-refractivity contribution is 5.16. The molecule has 25 heavy (non-hydrogen) atoms. The molecular formula is C21H33NO3. The van der Waals surface area contributed by atoms with Crippen molar-refractivity contribution in [1.29, 1.82) is 0 Å². The first-order valence-electron chi connectivity index (χ1n) is 9.37. The second kappa shape index (κ2) is 10.1. The lowest BCUT2D eigenvalue weighted by Gasteiger charge is -2.38. The van der Waals surface area contributed by atoms with Gasteiger partial charge < -0.3 is 14.6 Å². The molecule has 0 fully saturated rings. The van der Waals surface area contributed by atoms with E-state index in [4.69, 9.17) is 9.47 Å². The van der Waals surface area contributed by atoms with Crippen LogP contribution >= 0.6 is 0 Å². The average molecular weight is 347 g/mol. The van der Waals surface area contributed by atoms with Crippen LogP contribution in [0.2, 0.25) is 0 Å². The molecule has 1 aliphatic rings. The van der Waals surface area contributed by atoms with Crippen molar-refractivity contribution < 1.29 is 14.6 Å². The Hall–Kier alpha value is -1.20. The van der Waals surface area contributed by atoms with Crippen molar-refractivity contribution in [3.8, 4) is 0 Å². The minimum absolute atomic E-state index is 0.0468. The Bertz CT molecular complexity index is 515. The summed E-state index contributed by atoms with van der Waals surface area (Å²) in [6, 6.07) is 10.3. The standard InChI is InChI=1S/C21H33NO3/c1-16(2)24-15-20(25-17(3)4)21(23)19-12-8-9-13-22(19)14-18-10-6-5-7-11-18/h5-8,10-12,16-17,19-21,23H,9,13-15H2,1-4H3/t19-,20-,21-/m1/s1. The van der Waals surface area contributed by atoms with Gasteiger partial charge in [0.15, 0.2) is 0 Å². The van der Waals surface area contributed by atoms with Crippen molar-refractivity contribution in [1.82, 2.24) is 4.90 Å². The Morgan fingerprint density at radius 3 is 2.48 bits per heavy atom. The fourth-order valence-corrected chi connectivity index (χ4v) is 3.15. The van der Waals surface area contributed by atoms with Gasteiger partial charge in [-0.15, -0.1) is 0 Å². The molecule has 2 rings (SSSR count). The summed E-state index contributed by atoms with van der Waals surface area (Å²) < 4.78 is 11.7. The van der Waals surface area contributed by atoms with Crippen LogP contribution in [0.25, 0.3) is 0 Å². The highest BCUT2D eigenvalue weighted by atomic mass is 16.5. The van der Waals surface area contributed by atoms with Gasteiger partial charge in [-0.1, -0.05) is 42.5 Å². The first kappa shape index (κ1) is 20.1. The van der Waals surface area contributed by atoms with Crippen LogP contribution in [-0.4, -0.2) is 53.6 Å². The van der Waals surface area contributed by atoms with E-state index in [2.05, 4.69) is 41.3 Å². The maximum absolute atomic E-state index is 11.0. The van der Waals surface area contributed by atoms with Gasteiger partial charge in [0.05, 0.1) is 24.9 Å². The van der Waals surface area contributed by atoms with Crippen LogP contribution in [-0.2, 0) is 16.0 Å². The van der Waals surface area contributed by atoms with Gasteiger partial charge in [-0.25, -0.2) is 0 Å². The Morgan fingerprint density at radius 2 is 1.84 bits per heavy atom. The Morgan fingerprint density at radius 1 is 1.12 bits per heavy atom. The molecule has 1 aliphatic heterocycles. The number of hydrogen-bond acceptors (Lipinski definition) is 4. The van der Waals surface area contributed by atoms with Gasteiger partial charge in [0.2, 0.25) is 0 Å². The number of aliphatic hydroxyl groups is 1. The summed E-state index contributed by atoms with van der Waals surface area (Å²) in [6.45, 7) is 10.2. The van der Waals surface area contributed by atoms with Gasteiger partial charge in [-0.3, -0.25) is 4.90 Å². The topological polar surface area (TPSA) is 41.9 Å². The second-order valence-electron chi connectivity index (χ2n) is 7.26. The largest absolute Gasteiger partial charge is 0.388 e. The fourth-order valence-electron chi connectivity index (χ4n) is 3.15. The summed E-state index contributed by atoms with van der Waals surface area (Å²) in [7, 11) is 0. The Kier molecular flexibility index (Phi) is 8.10. The van der Waals surface area contributed by atoms with E-state index < -0.39 is 6.10 Å². The van der Waals surface area contributed by atoms with Gasteiger partial charge in [0, 0.05) is 13.1 Å². The molecule has 1 aromatic rings. The molecule has 0 aliphatic carbocycles. The molecule has 1 aromatic carbocycles. The van der Waals surface area contributed by atoms with Gasteiger partial charge in [-0.2, -0.15) is 0 Å². The average Bonchev–Trinajstić information content (AvgIpc) is 2.59. The monoisotopic (exact) mass is 347 g/mol. The third-order valence-electron chi connectivity index (χ3n) is 4.34. The van der Waals surface area contributed by atoms with Crippen LogP contribution in [0.15, 0.2) is 42.5 Å². The molecule has 1 N–H and O–H groups in total. The summed E-state index contributed by atoms with van der Waals surface area (Å²) in [5.74, 6) is 0. The van der Waals surface area contributed by atoms with Gasteiger partial charge in [0.1, 0.15) is 12.2 Å². The number of rotatable bonds is 9. The molecule has 0 spiro atoms. The predicted octanol–water partition coefficient (Wildman–Crippen LogP) is 3.40. The number of ether oxygens (including phenoxy) is 2. The smallest absolute Gasteiger partial charge is 0.109 e. The molecule has 1 heterocycles. The molecule has 4 heteroatoms. The van der Waals surface area contributed by atoms with Crippen molar-refractivity contribution in [2.75, 3.05) is 13.2 Å². The number of aliphatic hydroxyl groups excluding tert-OH is 1. The zero-order chi connectivity index (χ0) is 18.2. The first-order chi connectivity index (χ1) is 12.0. The highest BCUT2D eigenvalue weighted by Gasteiger charge is 2.33. The van der Waals surface area contributed by atoms with Crippen molar-refractivity contribution in [3.63, 3.8) is 0 Å². The van der Waals surface area contributed by atoms with Crippen LogP contribution < -0.4 is 0 Å². The van der Waals surface area contributed by atoms with Crippen LogP contribution in [0.4, 0.5) is 0 Å². The molecule has 4 nitrogen and oxygen atoms in total. The van der Waals surface area contributed by atoms with E-state index in [1.54, 1.807) is 0 Å². The normalized spacial score (nSPS) is 21.0. The van der Waals surface area contributed by atoms with E-state index >= 15 is 0 Å². The van der Waals surface area contributed by atoms with Crippen molar-refractivity contribution >= 4 is 0 Å². The lowest BCUT2D eigenvalue weighted by Crippen LogP contribution is -2.51. The molecule has 140 valence electrons. The zero-order valence-corrected chi connectivity index (χ0v) is 16.0. The van der Waals surface area contributed by atoms with Crippen LogP contribution in [0.1, 0.15) is 39.7 Å². The molecule has 0 bridgehead atoms. The molecule has 0 saturated carbocycles. The third-order valence-corrected chi connectivity index (χ3v) is 4.34. The lowest BCUT2D eigenvalue weighted by atomic mass is 9.99. The van der Waals surface area contributed by atoms with Crippen molar-refractivity contribution in [2.24, 2.45) is 0 Å². The van der Waals surface area contributed by atoms with Gasteiger partial charge in [0.25, 0.3) is 0 Å². The van der Waals surface area contributed by atoms with E-state index in [-0.39, 0.29) is 24.4 Å². The first-order valence-corrected chi connectivity index (χ1v) is 9.37. The Labute approximate surface area is 152 Å². The third kappa shape index (κ3) is 6.55. The minimum Gasteiger partial charge on any atom is -0.388 e. The molecule has 0 amide bonds. The summed E-state index contributed by atoms with van der Waals surface area (Å²) in [6.07, 6.45) is 4.48. The molecule has 0 radical (unpaired) electrons. The maximum atomic E-state index is 11.0. The summed E-state index contributed by atoms with van der Waals surface area (Å²) in [5.41, 5.74) is 1.26. The van der Waals surface area contributed by atoms with Gasteiger partial charge >= 0.3 is 0 Å². The predicted molar refractivity (Wildman–Crippen MR) is 102 cm³/mol. The quantitative estimate of drug-likeness (QED) is 0.695. The zero-order valence-electron chi connectivity index (χ0n) is 16.0. The number of nitrogens with zero attached hydrogens (tertiary/aromatic N) is 1. The number of hydrogen-bond donors (Lipinski definition) is 1. The summed E-state index contributed by atoms with van der Waals surface area (Å²) >= 11 is 0. The number of benzene rings is 1. The SMILES string of the molecule is CC(C)OC[C@@H](OC(C)C)[C@H](O)[C@H]1C=CCCN1Cc1ccccc1. The van der Waals surface area contributed by atoms with E-state index in [1.165, 1.54) is 5.56 Å². The van der Waals surface area contributed by atoms with E-state index in [0.717, 1.165) is 19.5 Å². The lowest BCUT2D eigenvalue weighted by molar-refractivity contribution is -0.124. The van der Waals surface area contributed by atoms with Crippen molar-refractivity contribution in [3.05, 3.63) is 48.0 Å². The molecule has 0 aromatic heterocycles. The summed E-state index contributed by atoms with van der Waals surface area (Å²) in [5, 5.41) is 11.0. The van der Waals surface area contributed by atoms with Gasteiger partial charge in [-0.05, 0) is 39.7 Å². The Balaban J connectivity index is 2.08. The molecular weight excluding hydrogens is 314 g/mol. The van der Waals surface area contributed by atoms with Crippen LogP contribution in [0.5, 0.6) is 0 Å². The summed E-state index contributed by atoms with van der Waals surface area (Å²) in [4.78, 5) is 2.33. The van der Waals surface area contributed by atoms with E-state index in [1.807, 2.05) is 33.8 Å². The van der Waals surface area contributed by atoms with Crippen LogP contribution in [0.3, 0.4) is 0 Å². The van der Waals surface area contributed by atoms with Crippen molar-refractivity contribution in [2.45, 2.75) is 71.1 Å². The van der Waals surface area contributed by atoms with E-state index in [9.17, 15) is 5.11 Å².